The minimum absolute atomic E-state index is 0.159. The van der Waals surface area contributed by atoms with Crippen LogP contribution in [0.3, 0.4) is 0 Å². The highest BCUT2D eigenvalue weighted by Crippen LogP contribution is 2.14. The van der Waals surface area contributed by atoms with Crippen molar-refractivity contribution in [1.29, 1.82) is 0 Å². The minimum atomic E-state index is -1.42. The van der Waals surface area contributed by atoms with Gasteiger partial charge >= 0.3 is 12.0 Å². The van der Waals surface area contributed by atoms with Gasteiger partial charge in [-0.2, -0.15) is 0 Å². The zero-order valence-corrected chi connectivity index (χ0v) is 11.8. The van der Waals surface area contributed by atoms with Crippen LogP contribution in [-0.2, 0) is 10.8 Å². The Labute approximate surface area is 117 Å². The van der Waals surface area contributed by atoms with E-state index in [1.165, 1.54) is 12.3 Å². The van der Waals surface area contributed by atoms with Gasteiger partial charge in [-0.25, -0.2) is 14.0 Å². The fourth-order valence-electron chi connectivity index (χ4n) is 1.30. The number of carbonyl (C=O) groups excluding carboxylic acids is 1. The number of aromatic carboxylic acids is 1. The summed E-state index contributed by atoms with van der Waals surface area (Å²) in [5.41, 5.74) is -0.364. The van der Waals surface area contributed by atoms with Crippen molar-refractivity contribution in [3.8, 4) is 0 Å². The molecule has 0 aliphatic carbocycles. The van der Waals surface area contributed by atoms with E-state index in [0.717, 1.165) is 12.1 Å². The Morgan fingerprint density at radius 2 is 2.10 bits per heavy atom. The summed E-state index contributed by atoms with van der Waals surface area (Å²) in [6.07, 6.45) is 1.53. The van der Waals surface area contributed by atoms with Crippen LogP contribution in [0.5, 0.6) is 0 Å². The molecule has 1 aromatic rings. The van der Waals surface area contributed by atoms with Crippen molar-refractivity contribution in [2.45, 2.75) is 12.2 Å². The lowest BCUT2D eigenvalue weighted by molar-refractivity contribution is 0.0692. The molecule has 2 amide bonds. The molecule has 0 radical (unpaired) electrons. The van der Waals surface area contributed by atoms with Crippen molar-refractivity contribution in [1.82, 2.24) is 5.32 Å². The van der Waals surface area contributed by atoms with E-state index in [9.17, 15) is 18.2 Å². The Morgan fingerprint density at radius 3 is 2.65 bits per heavy atom. The zero-order valence-electron chi connectivity index (χ0n) is 11.0. The molecule has 0 saturated carbocycles. The van der Waals surface area contributed by atoms with E-state index in [2.05, 4.69) is 10.6 Å². The van der Waals surface area contributed by atoms with Gasteiger partial charge < -0.3 is 15.7 Å². The number of amides is 2. The maximum Gasteiger partial charge on any atom is 0.338 e. The molecule has 0 saturated heterocycles. The molecule has 6 nitrogen and oxygen atoms in total. The number of benzene rings is 1. The Kier molecular flexibility index (Phi) is 5.63. The van der Waals surface area contributed by atoms with E-state index >= 15 is 0 Å². The second-order valence-electron chi connectivity index (χ2n) is 4.14. The van der Waals surface area contributed by atoms with Gasteiger partial charge in [0.25, 0.3) is 0 Å². The number of carboxylic acids is 1. The summed E-state index contributed by atoms with van der Waals surface area (Å²) in [5.74, 6) is -2.29. The maximum atomic E-state index is 13.2. The van der Waals surface area contributed by atoms with Crippen LogP contribution in [0.25, 0.3) is 0 Å². The van der Waals surface area contributed by atoms with E-state index in [-0.39, 0.29) is 17.5 Å². The van der Waals surface area contributed by atoms with Crippen LogP contribution in [0, 0.1) is 5.82 Å². The molecule has 3 N–H and O–H groups in total. The van der Waals surface area contributed by atoms with E-state index in [4.69, 9.17) is 5.11 Å². The van der Waals surface area contributed by atoms with Crippen molar-refractivity contribution < 1.29 is 23.3 Å². The Bertz CT molecular complexity index is 550. The molecule has 0 spiro atoms. The van der Waals surface area contributed by atoms with Crippen molar-refractivity contribution in [2.24, 2.45) is 0 Å². The molecule has 0 bridgehead atoms. The summed E-state index contributed by atoms with van der Waals surface area (Å²) in [4.78, 5) is 22.3. The molecule has 20 heavy (non-hydrogen) atoms. The minimum Gasteiger partial charge on any atom is -0.478 e. The lowest BCUT2D eigenvalue weighted by atomic mass is 10.2. The van der Waals surface area contributed by atoms with E-state index in [1.54, 1.807) is 6.92 Å². The largest absolute Gasteiger partial charge is 0.478 e. The van der Waals surface area contributed by atoms with Gasteiger partial charge in [0.05, 0.1) is 5.56 Å². The second-order valence-corrected chi connectivity index (χ2v) is 5.95. The Morgan fingerprint density at radius 1 is 1.45 bits per heavy atom. The summed E-state index contributed by atoms with van der Waals surface area (Å²) in [6, 6.07) is 2.66. The zero-order chi connectivity index (χ0) is 15.3. The fourth-order valence-corrected chi connectivity index (χ4v) is 1.61. The first-order valence-corrected chi connectivity index (χ1v) is 7.33. The summed E-state index contributed by atoms with van der Waals surface area (Å²) in [7, 11) is -1.06. The van der Waals surface area contributed by atoms with Gasteiger partial charge in [-0.05, 0) is 25.1 Å². The lowest BCUT2D eigenvalue weighted by Crippen LogP contribution is -2.35. The maximum absolute atomic E-state index is 13.2. The highest BCUT2D eigenvalue weighted by Gasteiger charge is 2.13. The van der Waals surface area contributed by atoms with Gasteiger partial charge in [-0.3, -0.25) is 4.21 Å². The van der Waals surface area contributed by atoms with Gasteiger partial charge in [-0.15, -0.1) is 0 Å². The number of hydrogen-bond acceptors (Lipinski definition) is 3. The SMILES string of the molecule is CC(CNC(=O)Nc1ccc(F)c(C(=O)O)c1)S(C)=O. The first-order chi connectivity index (χ1) is 9.31. The second kappa shape index (κ2) is 6.99. The number of urea groups is 1. The molecule has 0 aliphatic rings. The van der Waals surface area contributed by atoms with Crippen LogP contribution in [0.4, 0.5) is 14.9 Å². The third-order valence-electron chi connectivity index (χ3n) is 2.57. The third kappa shape index (κ3) is 4.61. The number of carboxylic acid groups (broad SMARTS) is 1. The predicted molar refractivity (Wildman–Crippen MR) is 73.9 cm³/mol. The molecule has 0 fully saturated rings. The fraction of sp³-hybridized carbons (Fsp3) is 0.333. The molecule has 1 aromatic carbocycles. The average Bonchev–Trinajstić information content (AvgIpc) is 2.37. The molecule has 2 atom stereocenters. The number of halogens is 1. The summed E-state index contributed by atoms with van der Waals surface area (Å²) in [5, 5.41) is 13.4. The van der Waals surface area contributed by atoms with Crippen LogP contribution in [-0.4, -0.2) is 39.4 Å². The van der Waals surface area contributed by atoms with Crippen LogP contribution >= 0.6 is 0 Å². The van der Waals surface area contributed by atoms with E-state index in [0.29, 0.717) is 0 Å². The van der Waals surface area contributed by atoms with Crippen molar-refractivity contribution in [2.75, 3.05) is 18.1 Å². The number of anilines is 1. The molecule has 0 aliphatic heterocycles. The number of nitrogens with one attached hydrogen (secondary N) is 2. The standard InChI is InChI=1S/C12H15FN2O4S/c1-7(20(2)19)6-14-12(18)15-8-3-4-10(13)9(5-8)11(16)17/h3-5,7H,6H2,1-2H3,(H,16,17)(H2,14,15,18). The smallest absolute Gasteiger partial charge is 0.338 e. The molecular formula is C12H15FN2O4S. The van der Waals surface area contributed by atoms with E-state index < -0.39 is 34.2 Å². The molecule has 2 unspecified atom stereocenters. The monoisotopic (exact) mass is 302 g/mol. The molecule has 1 rings (SSSR count). The first kappa shape index (κ1) is 16.1. The van der Waals surface area contributed by atoms with Crippen molar-refractivity contribution >= 4 is 28.5 Å². The van der Waals surface area contributed by atoms with Gasteiger partial charge in [0.2, 0.25) is 0 Å². The van der Waals surface area contributed by atoms with Gasteiger partial charge in [0, 0.05) is 34.5 Å². The van der Waals surface area contributed by atoms with Crippen molar-refractivity contribution in [3.63, 3.8) is 0 Å². The van der Waals surface area contributed by atoms with E-state index in [1.807, 2.05) is 0 Å². The highest BCUT2D eigenvalue weighted by molar-refractivity contribution is 7.84. The normalized spacial score (nSPS) is 13.3. The van der Waals surface area contributed by atoms with Gasteiger partial charge in [0.15, 0.2) is 0 Å². The average molecular weight is 302 g/mol. The topological polar surface area (TPSA) is 95.5 Å². The Hall–Kier alpha value is -1.96. The summed E-state index contributed by atoms with van der Waals surface area (Å²) < 4.78 is 24.3. The first-order valence-electron chi connectivity index (χ1n) is 5.71. The molecule has 8 heteroatoms. The quantitative estimate of drug-likeness (QED) is 0.766. The molecular weight excluding hydrogens is 287 g/mol. The molecule has 0 heterocycles. The molecule has 0 aromatic heterocycles. The van der Waals surface area contributed by atoms with Crippen LogP contribution in [0.2, 0.25) is 0 Å². The highest BCUT2D eigenvalue weighted by atomic mass is 32.2. The van der Waals surface area contributed by atoms with Gasteiger partial charge in [0.1, 0.15) is 5.82 Å². The number of rotatable bonds is 5. The summed E-state index contributed by atoms with van der Waals surface area (Å²) >= 11 is 0. The predicted octanol–water partition coefficient (Wildman–Crippen LogP) is 1.41. The number of carbonyl (C=O) groups is 2. The number of hydrogen-bond donors (Lipinski definition) is 3. The lowest BCUT2D eigenvalue weighted by Gasteiger charge is -2.11. The molecule has 110 valence electrons. The van der Waals surface area contributed by atoms with Crippen LogP contribution in [0.15, 0.2) is 18.2 Å². The van der Waals surface area contributed by atoms with Gasteiger partial charge in [-0.1, -0.05) is 0 Å². The van der Waals surface area contributed by atoms with Crippen LogP contribution < -0.4 is 10.6 Å². The van der Waals surface area contributed by atoms with Crippen LogP contribution in [0.1, 0.15) is 17.3 Å². The summed E-state index contributed by atoms with van der Waals surface area (Å²) in [6.45, 7) is 1.93. The Balaban J connectivity index is 2.65. The third-order valence-corrected chi connectivity index (χ3v) is 3.87. The van der Waals surface area contributed by atoms with Crippen molar-refractivity contribution in [3.05, 3.63) is 29.6 Å².